The maximum Gasteiger partial charge on any atom is 0.410 e. The lowest BCUT2D eigenvalue weighted by Crippen LogP contribution is -2.55. The highest BCUT2D eigenvalue weighted by Gasteiger charge is 2.35. The fourth-order valence-electron chi connectivity index (χ4n) is 1.97. The summed E-state index contributed by atoms with van der Waals surface area (Å²) in [5.74, 6) is 0.737. The van der Waals surface area contributed by atoms with Crippen LogP contribution in [0.2, 0.25) is 0 Å². The molecule has 20 heavy (non-hydrogen) atoms. The number of ether oxygens (including phenoxy) is 2. The maximum absolute atomic E-state index is 12.0. The molecular formula is C15H22N2O3. The van der Waals surface area contributed by atoms with Crippen LogP contribution in [0.1, 0.15) is 32.8 Å². The topological polar surface area (TPSA) is 51.7 Å². The zero-order chi connectivity index (χ0) is 14.8. The largest absolute Gasteiger partial charge is 0.490 e. The van der Waals surface area contributed by atoms with Crippen molar-refractivity contribution in [2.24, 2.45) is 0 Å². The Hall–Kier alpha value is -1.78. The van der Waals surface area contributed by atoms with Gasteiger partial charge in [-0.05, 0) is 45.7 Å². The molecule has 0 saturated carbocycles. The van der Waals surface area contributed by atoms with Crippen molar-refractivity contribution in [1.82, 2.24) is 9.88 Å². The van der Waals surface area contributed by atoms with E-state index in [9.17, 15) is 4.79 Å². The fourth-order valence-corrected chi connectivity index (χ4v) is 1.97. The fraction of sp³-hybridized carbons (Fsp3) is 0.600. The quantitative estimate of drug-likeness (QED) is 0.853. The van der Waals surface area contributed by atoms with Gasteiger partial charge in [0.1, 0.15) is 18.0 Å². The lowest BCUT2D eigenvalue weighted by atomic mass is 10.1. The summed E-state index contributed by atoms with van der Waals surface area (Å²) in [6.07, 6.45) is 4.14. The van der Waals surface area contributed by atoms with Crippen molar-refractivity contribution in [1.29, 1.82) is 0 Å². The smallest absolute Gasteiger partial charge is 0.410 e. The summed E-state index contributed by atoms with van der Waals surface area (Å²) in [6.45, 7) is 8.79. The molecule has 1 amide bonds. The van der Waals surface area contributed by atoms with E-state index in [1.54, 1.807) is 17.3 Å². The zero-order valence-corrected chi connectivity index (χ0v) is 12.5. The Morgan fingerprint density at radius 3 is 2.75 bits per heavy atom. The van der Waals surface area contributed by atoms with Crippen LogP contribution in [0.15, 0.2) is 18.5 Å². The minimum absolute atomic E-state index is 0.0883. The van der Waals surface area contributed by atoms with Crippen LogP contribution in [0.4, 0.5) is 4.79 Å². The summed E-state index contributed by atoms with van der Waals surface area (Å²) in [5.41, 5.74) is 0.596. The first-order valence-corrected chi connectivity index (χ1v) is 6.89. The van der Waals surface area contributed by atoms with Gasteiger partial charge in [0.05, 0.1) is 12.2 Å². The van der Waals surface area contributed by atoms with Crippen molar-refractivity contribution in [3.05, 3.63) is 24.0 Å². The molecule has 2 heterocycles. The SMILES string of the molecule is Cc1cncc(OC[C@@H]2CCN2C(=O)OC(C)(C)C)c1. The molecule has 0 aromatic carbocycles. The summed E-state index contributed by atoms with van der Waals surface area (Å²) >= 11 is 0. The second-order valence-corrected chi connectivity index (χ2v) is 6.13. The second-order valence-electron chi connectivity index (χ2n) is 6.13. The van der Waals surface area contributed by atoms with Gasteiger partial charge in [-0.1, -0.05) is 0 Å². The van der Waals surface area contributed by atoms with Gasteiger partial charge in [0.15, 0.2) is 0 Å². The van der Waals surface area contributed by atoms with E-state index in [0.29, 0.717) is 6.61 Å². The summed E-state index contributed by atoms with van der Waals surface area (Å²) in [6, 6.07) is 2.02. The predicted octanol–water partition coefficient (Wildman–Crippen LogP) is 2.78. The summed E-state index contributed by atoms with van der Waals surface area (Å²) in [4.78, 5) is 17.7. The van der Waals surface area contributed by atoms with E-state index < -0.39 is 5.60 Å². The van der Waals surface area contributed by atoms with E-state index in [4.69, 9.17) is 9.47 Å². The Balaban J connectivity index is 1.84. The number of carbonyl (C=O) groups excluding carboxylic acids is 1. The van der Waals surface area contributed by atoms with E-state index in [-0.39, 0.29) is 12.1 Å². The third-order valence-electron chi connectivity index (χ3n) is 3.06. The van der Waals surface area contributed by atoms with E-state index in [1.165, 1.54) is 0 Å². The highest BCUT2D eigenvalue weighted by molar-refractivity contribution is 5.69. The minimum atomic E-state index is -0.460. The molecule has 0 radical (unpaired) electrons. The van der Waals surface area contributed by atoms with Crippen molar-refractivity contribution < 1.29 is 14.3 Å². The number of likely N-dealkylation sites (tertiary alicyclic amines) is 1. The van der Waals surface area contributed by atoms with Gasteiger partial charge in [0.2, 0.25) is 0 Å². The first kappa shape index (κ1) is 14.6. The Labute approximate surface area is 119 Å². The molecule has 1 aliphatic rings. The van der Waals surface area contributed by atoms with Crippen molar-refractivity contribution in [3.8, 4) is 5.75 Å². The second kappa shape index (κ2) is 5.69. The van der Waals surface area contributed by atoms with Gasteiger partial charge in [-0.15, -0.1) is 0 Å². The molecule has 1 aliphatic heterocycles. The number of aromatic nitrogens is 1. The van der Waals surface area contributed by atoms with Crippen molar-refractivity contribution in [3.63, 3.8) is 0 Å². The molecule has 1 atom stereocenters. The van der Waals surface area contributed by atoms with Crippen LogP contribution in [0, 0.1) is 6.92 Å². The molecule has 1 aromatic rings. The van der Waals surface area contributed by atoms with Gasteiger partial charge < -0.3 is 14.4 Å². The Morgan fingerprint density at radius 2 is 2.20 bits per heavy atom. The van der Waals surface area contributed by atoms with Crippen LogP contribution in [0.3, 0.4) is 0 Å². The Bertz CT molecular complexity index is 482. The average molecular weight is 278 g/mol. The maximum atomic E-state index is 12.0. The summed E-state index contributed by atoms with van der Waals surface area (Å²) in [5, 5.41) is 0. The summed E-state index contributed by atoms with van der Waals surface area (Å²) < 4.78 is 11.1. The van der Waals surface area contributed by atoms with Gasteiger partial charge in [-0.3, -0.25) is 4.98 Å². The third kappa shape index (κ3) is 3.85. The van der Waals surface area contributed by atoms with Gasteiger partial charge in [-0.2, -0.15) is 0 Å². The molecular weight excluding hydrogens is 256 g/mol. The van der Waals surface area contributed by atoms with Gasteiger partial charge in [0.25, 0.3) is 0 Å². The van der Waals surface area contributed by atoms with E-state index in [1.807, 2.05) is 33.8 Å². The molecule has 0 spiro atoms. The van der Waals surface area contributed by atoms with Crippen molar-refractivity contribution in [2.45, 2.75) is 45.8 Å². The highest BCUT2D eigenvalue weighted by Crippen LogP contribution is 2.22. The molecule has 0 unspecified atom stereocenters. The van der Waals surface area contributed by atoms with Gasteiger partial charge >= 0.3 is 6.09 Å². The van der Waals surface area contributed by atoms with Crippen LogP contribution < -0.4 is 4.74 Å². The van der Waals surface area contributed by atoms with Crippen LogP contribution in [0.5, 0.6) is 5.75 Å². The normalized spacial score (nSPS) is 18.4. The number of carbonyl (C=O) groups is 1. The predicted molar refractivity (Wildman–Crippen MR) is 75.8 cm³/mol. The molecule has 5 nitrogen and oxygen atoms in total. The van der Waals surface area contributed by atoms with Crippen LogP contribution in [-0.4, -0.2) is 40.8 Å². The van der Waals surface area contributed by atoms with Gasteiger partial charge in [0, 0.05) is 12.7 Å². The molecule has 0 bridgehead atoms. The first-order valence-electron chi connectivity index (χ1n) is 6.89. The monoisotopic (exact) mass is 278 g/mol. The molecule has 2 rings (SSSR count). The molecule has 110 valence electrons. The number of aryl methyl sites for hydroxylation is 1. The number of hydrogen-bond acceptors (Lipinski definition) is 4. The molecule has 1 saturated heterocycles. The molecule has 0 aliphatic carbocycles. The Kier molecular flexibility index (Phi) is 4.16. The standard InChI is InChI=1S/C15H22N2O3/c1-11-7-13(9-16-8-11)19-10-12-5-6-17(12)14(18)20-15(2,3)4/h7-9,12H,5-6,10H2,1-4H3/t12-/m0/s1. The number of pyridine rings is 1. The van der Waals surface area contributed by atoms with Crippen LogP contribution in [0.25, 0.3) is 0 Å². The molecule has 0 N–H and O–H groups in total. The lowest BCUT2D eigenvalue weighted by molar-refractivity contribution is -0.0141. The lowest BCUT2D eigenvalue weighted by Gasteiger charge is -2.40. The molecule has 1 aromatic heterocycles. The first-order chi connectivity index (χ1) is 9.35. The number of amides is 1. The minimum Gasteiger partial charge on any atom is -0.490 e. The van der Waals surface area contributed by atoms with E-state index in [2.05, 4.69) is 4.98 Å². The van der Waals surface area contributed by atoms with Crippen molar-refractivity contribution >= 4 is 6.09 Å². The number of rotatable bonds is 3. The number of nitrogens with zero attached hydrogens (tertiary/aromatic N) is 2. The highest BCUT2D eigenvalue weighted by atomic mass is 16.6. The average Bonchev–Trinajstić information content (AvgIpc) is 2.24. The van der Waals surface area contributed by atoms with E-state index >= 15 is 0 Å². The summed E-state index contributed by atoms with van der Waals surface area (Å²) in [7, 11) is 0. The van der Waals surface area contributed by atoms with Crippen LogP contribution in [-0.2, 0) is 4.74 Å². The van der Waals surface area contributed by atoms with Crippen molar-refractivity contribution in [2.75, 3.05) is 13.2 Å². The van der Waals surface area contributed by atoms with Crippen LogP contribution >= 0.6 is 0 Å². The molecule has 5 heteroatoms. The molecule has 1 fully saturated rings. The van der Waals surface area contributed by atoms with Gasteiger partial charge in [-0.25, -0.2) is 4.79 Å². The third-order valence-corrected chi connectivity index (χ3v) is 3.06. The zero-order valence-electron chi connectivity index (χ0n) is 12.5. The number of hydrogen-bond donors (Lipinski definition) is 0. The Morgan fingerprint density at radius 1 is 1.45 bits per heavy atom. The van der Waals surface area contributed by atoms with E-state index in [0.717, 1.165) is 24.3 Å².